The van der Waals surface area contributed by atoms with Crippen molar-refractivity contribution in [3.8, 4) is 5.75 Å². The molecule has 0 bridgehead atoms. The third kappa shape index (κ3) is 6.99. The number of aryl methyl sites for hydroxylation is 1. The van der Waals surface area contributed by atoms with Gasteiger partial charge in [0.15, 0.2) is 6.61 Å². The number of carbonyl (C=O) groups excluding carboxylic acids is 2. The first-order chi connectivity index (χ1) is 14.5. The van der Waals surface area contributed by atoms with Gasteiger partial charge < -0.3 is 14.8 Å². The van der Waals surface area contributed by atoms with Crippen molar-refractivity contribution >= 4 is 11.7 Å². The molecule has 1 aliphatic rings. The molecule has 0 radical (unpaired) electrons. The molecule has 0 aromatic heterocycles. The number of ketones is 1. The molecule has 1 heterocycles. The summed E-state index contributed by atoms with van der Waals surface area (Å²) >= 11 is 0. The van der Waals surface area contributed by atoms with Crippen LogP contribution in [-0.2, 0) is 22.6 Å². The first-order valence-corrected chi connectivity index (χ1v) is 10.8. The van der Waals surface area contributed by atoms with Crippen molar-refractivity contribution in [1.29, 1.82) is 0 Å². The van der Waals surface area contributed by atoms with Crippen LogP contribution in [0.2, 0.25) is 0 Å². The van der Waals surface area contributed by atoms with Crippen molar-refractivity contribution in [2.75, 3.05) is 13.2 Å². The lowest BCUT2D eigenvalue weighted by atomic mass is 9.97. The summed E-state index contributed by atoms with van der Waals surface area (Å²) in [5, 5.41) is 3.12. The van der Waals surface area contributed by atoms with Crippen molar-refractivity contribution in [2.45, 2.75) is 58.2 Å². The van der Waals surface area contributed by atoms with Crippen molar-refractivity contribution < 1.29 is 14.3 Å². The highest BCUT2D eigenvalue weighted by Gasteiger charge is 2.26. The second-order valence-corrected chi connectivity index (χ2v) is 8.23. The molecule has 2 aromatic rings. The summed E-state index contributed by atoms with van der Waals surface area (Å²) in [5.41, 5.74) is 2.42. The Bertz CT molecular complexity index is 820. The van der Waals surface area contributed by atoms with Gasteiger partial charge >= 0.3 is 0 Å². The second-order valence-electron chi connectivity index (χ2n) is 8.23. The summed E-state index contributed by atoms with van der Waals surface area (Å²) < 4.78 is 5.63. The minimum absolute atomic E-state index is 0.0192. The van der Waals surface area contributed by atoms with Crippen LogP contribution < -0.4 is 10.1 Å². The van der Waals surface area contributed by atoms with E-state index in [0.29, 0.717) is 18.2 Å². The number of piperidine rings is 1. The van der Waals surface area contributed by atoms with Gasteiger partial charge in [0.1, 0.15) is 11.5 Å². The lowest BCUT2D eigenvalue weighted by Gasteiger charge is -2.38. The van der Waals surface area contributed by atoms with Gasteiger partial charge in [0.25, 0.3) is 5.91 Å². The molecule has 5 heteroatoms. The van der Waals surface area contributed by atoms with Gasteiger partial charge in [-0.3, -0.25) is 9.69 Å². The number of carbonyl (C=O) groups is 2. The van der Waals surface area contributed by atoms with Crippen LogP contribution in [-0.4, -0.2) is 41.8 Å². The normalized spacial score (nSPS) is 19.3. The quantitative estimate of drug-likeness (QED) is 0.686. The predicted octanol–water partition coefficient (Wildman–Crippen LogP) is 3.76. The summed E-state index contributed by atoms with van der Waals surface area (Å²) in [4.78, 5) is 25.9. The van der Waals surface area contributed by atoms with Crippen molar-refractivity contribution in [3.63, 3.8) is 0 Å². The van der Waals surface area contributed by atoms with Crippen LogP contribution in [0.1, 0.15) is 44.2 Å². The van der Waals surface area contributed by atoms with E-state index in [1.54, 1.807) is 6.92 Å². The van der Waals surface area contributed by atoms with Gasteiger partial charge in [-0.2, -0.15) is 0 Å². The average molecular weight is 409 g/mol. The van der Waals surface area contributed by atoms with E-state index in [1.807, 2.05) is 30.3 Å². The number of Topliss-reactive ketones (excluding diaryl/α,β-unsaturated/α-hetero) is 1. The summed E-state index contributed by atoms with van der Waals surface area (Å²) in [6.07, 6.45) is 3.18. The fourth-order valence-electron chi connectivity index (χ4n) is 3.90. The maximum atomic E-state index is 12.3. The Hall–Kier alpha value is -2.66. The Kier molecular flexibility index (Phi) is 8.03. The molecule has 0 spiro atoms. The molecule has 2 atom stereocenters. The van der Waals surface area contributed by atoms with Crippen LogP contribution in [0.4, 0.5) is 0 Å². The number of hydrogen-bond acceptors (Lipinski definition) is 4. The first kappa shape index (κ1) is 22.0. The molecule has 0 saturated carbocycles. The van der Waals surface area contributed by atoms with Gasteiger partial charge in [-0.05, 0) is 56.4 Å². The second kappa shape index (κ2) is 10.9. The Morgan fingerprint density at radius 2 is 1.80 bits per heavy atom. The van der Waals surface area contributed by atoms with Gasteiger partial charge in [0, 0.05) is 31.6 Å². The average Bonchev–Trinajstić information content (AvgIpc) is 2.74. The Labute approximate surface area is 179 Å². The fourth-order valence-corrected chi connectivity index (χ4v) is 3.90. The van der Waals surface area contributed by atoms with Gasteiger partial charge in [-0.15, -0.1) is 0 Å². The van der Waals surface area contributed by atoms with Crippen LogP contribution in [0, 0.1) is 0 Å². The standard InChI is InChI=1S/C25H32N2O3/c1-19-16-23(14-15-27(19)17-22-6-4-3-5-7-22)26-25(29)18-30-24-12-10-21(11-13-24)9-8-20(2)28/h3-7,10-13,19,23H,8-9,14-18H2,1-2H3,(H,26,29)/t19-,23-/m0/s1. The van der Waals surface area contributed by atoms with Crippen molar-refractivity contribution in [3.05, 3.63) is 65.7 Å². The number of likely N-dealkylation sites (tertiary alicyclic amines) is 1. The molecule has 0 unspecified atom stereocenters. The highest BCUT2D eigenvalue weighted by atomic mass is 16.5. The predicted molar refractivity (Wildman–Crippen MR) is 118 cm³/mol. The summed E-state index contributed by atoms with van der Waals surface area (Å²) in [7, 11) is 0. The number of ether oxygens (including phenoxy) is 1. The van der Waals surface area contributed by atoms with Crippen LogP contribution >= 0.6 is 0 Å². The minimum Gasteiger partial charge on any atom is -0.484 e. The topological polar surface area (TPSA) is 58.6 Å². The van der Waals surface area contributed by atoms with E-state index in [4.69, 9.17) is 4.74 Å². The highest BCUT2D eigenvalue weighted by molar-refractivity contribution is 5.78. The molecule has 2 aromatic carbocycles. The molecule has 160 valence electrons. The lowest BCUT2D eigenvalue weighted by Crippen LogP contribution is -2.49. The largest absolute Gasteiger partial charge is 0.484 e. The number of hydrogen-bond donors (Lipinski definition) is 1. The van der Waals surface area contributed by atoms with E-state index >= 15 is 0 Å². The Morgan fingerprint density at radius 1 is 1.07 bits per heavy atom. The fraction of sp³-hybridized carbons (Fsp3) is 0.440. The van der Waals surface area contributed by atoms with Gasteiger partial charge in [-0.1, -0.05) is 42.5 Å². The van der Waals surface area contributed by atoms with E-state index in [0.717, 1.165) is 37.9 Å². The summed E-state index contributed by atoms with van der Waals surface area (Å²) in [6.45, 7) is 5.78. The smallest absolute Gasteiger partial charge is 0.258 e. The number of benzene rings is 2. The zero-order valence-corrected chi connectivity index (χ0v) is 18.0. The van der Waals surface area contributed by atoms with Gasteiger partial charge in [-0.25, -0.2) is 0 Å². The SMILES string of the molecule is CC(=O)CCc1ccc(OCC(=O)N[C@H]2CCN(Cc3ccccc3)[C@@H](C)C2)cc1. The molecule has 1 amide bonds. The third-order valence-electron chi connectivity index (χ3n) is 5.67. The van der Waals surface area contributed by atoms with E-state index < -0.39 is 0 Å². The molecule has 1 N–H and O–H groups in total. The van der Waals surface area contributed by atoms with Crippen LogP contribution in [0.15, 0.2) is 54.6 Å². The van der Waals surface area contributed by atoms with E-state index in [1.165, 1.54) is 5.56 Å². The van der Waals surface area contributed by atoms with Crippen LogP contribution in [0.5, 0.6) is 5.75 Å². The molecule has 1 saturated heterocycles. The lowest BCUT2D eigenvalue weighted by molar-refractivity contribution is -0.124. The molecule has 5 nitrogen and oxygen atoms in total. The molecule has 30 heavy (non-hydrogen) atoms. The van der Waals surface area contributed by atoms with Gasteiger partial charge in [0.2, 0.25) is 0 Å². The number of rotatable bonds is 9. The van der Waals surface area contributed by atoms with E-state index in [9.17, 15) is 9.59 Å². The minimum atomic E-state index is -0.0793. The van der Waals surface area contributed by atoms with E-state index in [-0.39, 0.29) is 24.3 Å². The Morgan fingerprint density at radius 3 is 2.47 bits per heavy atom. The first-order valence-electron chi connectivity index (χ1n) is 10.8. The number of nitrogens with zero attached hydrogens (tertiary/aromatic N) is 1. The zero-order valence-electron chi connectivity index (χ0n) is 18.0. The number of nitrogens with one attached hydrogen (secondary N) is 1. The van der Waals surface area contributed by atoms with Gasteiger partial charge in [0.05, 0.1) is 0 Å². The zero-order chi connectivity index (χ0) is 21.3. The molecular formula is C25H32N2O3. The highest BCUT2D eigenvalue weighted by Crippen LogP contribution is 2.20. The molecule has 3 rings (SSSR count). The van der Waals surface area contributed by atoms with Crippen molar-refractivity contribution in [2.24, 2.45) is 0 Å². The molecule has 1 aliphatic heterocycles. The number of amides is 1. The van der Waals surface area contributed by atoms with Crippen LogP contribution in [0.25, 0.3) is 0 Å². The third-order valence-corrected chi connectivity index (χ3v) is 5.67. The molecule has 1 fully saturated rings. The molecule has 0 aliphatic carbocycles. The monoisotopic (exact) mass is 408 g/mol. The van der Waals surface area contributed by atoms with Crippen molar-refractivity contribution in [1.82, 2.24) is 10.2 Å². The maximum absolute atomic E-state index is 12.3. The summed E-state index contributed by atoms with van der Waals surface area (Å²) in [6, 6.07) is 18.7. The van der Waals surface area contributed by atoms with E-state index in [2.05, 4.69) is 41.4 Å². The Balaban J connectivity index is 1.38. The maximum Gasteiger partial charge on any atom is 0.258 e. The molecular weight excluding hydrogens is 376 g/mol. The van der Waals surface area contributed by atoms with Crippen LogP contribution in [0.3, 0.4) is 0 Å². The summed E-state index contributed by atoms with van der Waals surface area (Å²) in [5.74, 6) is 0.777.